The van der Waals surface area contributed by atoms with Crippen LogP contribution in [-0.2, 0) is 11.3 Å². The summed E-state index contributed by atoms with van der Waals surface area (Å²) in [5, 5.41) is 12.9. The quantitative estimate of drug-likeness (QED) is 0.891. The predicted molar refractivity (Wildman–Crippen MR) is 73.4 cm³/mol. The maximum absolute atomic E-state index is 9.01. The van der Waals surface area contributed by atoms with E-state index in [1.807, 2.05) is 45.0 Å². The highest BCUT2D eigenvalue weighted by molar-refractivity contribution is 6.30. The van der Waals surface area contributed by atoms with Crippen LogP contribution >= 0.6 is 11.6 Å². The fourth-order valence-electron chi connectivity index (χ4n) is 1.51. The van der Waals surface area contributed by atoms with Gasteiger partial charge in [-0.2, -0.15) is 5.26 Å². The second-order valence-electron chi connectivity index (χ2n) is 5.22. The highest BCUT2D eigenvalue weighted by atomic mass is 35.5. The molecule has 0 saturated heterocycles. The summed E-state index contributed by atoms with van der Waals surface area (Å²) in [6.45, 7) is 6.93. The van der Waals surface area contributed by atoms with Crippen LogP contribution in [0.5, 0.6) is 0 Å². The number of halogens is 1. The van der Waals surface area contributed by atoms with Crippen LogP contribution in [0.1, 0.15) is 26.3 Å². The maximum Gasteiger partial charge on any atom is 0.119 e. The van der Waals surface area contributed by atoms with Crippen molar-refractivity contribution in [1.82, 2.24) is 5.32 Å². The molecule has 0 heterocycles. The van der Waals surface area contributed by atoms with E-state index in [0.717, 1.165) is 5.56 Å². The summed E-state index contributed by atoms with van der Waals surface area (Å²) in [6, 6.07) is 9.40. The van der Waals surface area contributed by atoms with Crippen molar-refractivity contribution >= 4 is 11.6 Å². The Kier molecular flexibility index (Phi) is 5.61. The van der Waals surface area contributed by atoms with E-state index in [1.165, 1.54) is 0 Å². The van der Waals surface area contributed by atoms with Crippen LogP contribution in [0.25, 0.3) is 0 Å². The zero-order valence-electron chi connectivity index (χ0n) is 11.0. The number of nitriles is 1. The van der Waals surface area contributed by atoms with Gasteiger partial charge >= 0.3 is 0 Å². The van der Waals surface area contributed by atoms with Gasteiger partial charge in [0, 0.05) is 10.6 Å². The number of hydrogen-bond donors (Lipinski definition) is 1. The van der Waals surface area contributed by atoms with Crippen LogP contribution in [-0.4, -0.2) is 18.2 Å². The smallest absolute Gasteiger partial charge is 0.119 e. The Hall–Kier alpha value is -1.08. The highest BCUT2D eigenvalue weighted by Gasteiger charge is 2.16. The van der Waals surface area contributed by atoms with Gasteiger partial charge in [0.05, 0.1) is 19.3 Å². The number of nitrogens with zero attached hydrogens (tertiary/aromatic N) is 1. The lowest BCUT2D eigenvalue weighted by Crippen LogP contribution is -2.45. The first-order valence-electron chi connectivity index (χ1n) is 5.90. The summed E-state index contributed by atoms with van der Waals surface area (Å²) in [4.78, 5) is 0. The van der Waals surface area contributed by atoms with Crippen LogP contribution in [0.15, 0.2) is 24.3 Å². The third kappa shape index (κ3) is 6.02. The SMILES string of the molecule is CC(C)(C)NC(C#N)COCc1ccc(Cl)cc1. The Balaban J connectivity index is 2.36. The van der Waals surface area contributed by atoms with Gasteiger partial charge in [-0.25, -0.2) is 0 Å². The first-order chi connectivity index (χ1) is 8.40. The minimum Gasteiger partial charge on any atom is -0.374 e. The summed E-state index contributed by atoms with van der Waals surface area (Å²) in [7, 11) is 0. The number of nitrogens with one attached hydrogen (secondary N) is 1. The second kappa shape index (κ2) is 6.75. The van der Waals surface area contributed by atoms with Gasteiger partial charge in [0.1, 0.15) is 6.04 Å². The van der Waals surface area contributed by atoms with Crippen LogP contribution < -0.4 is 5.32 Å². The normalized spacial score (nSPS) is 13.1. The maximum atomic E-state index is 9.01. The second-order valence-corrected chi connectivity index (χ2v) is 5.65. The van der Waals surface area contributed by atoms with E-state index in [1.54, 1.807) is 0 Å². The molecule has 0 amide bonds. The van der Waals surface area contributed by atoms with Gasteiger partial charge < -0.3 is 4.74 Å². The molecule has 3 nitrogen and oxygen atoms in total. The molecule has 0 bridgehead atoms. The summed E-state index contributed by atoms with van der Waals surface area (Å²) >= 11 is 5.80. The fourth-order valence-corrected chi connectivity index (χ4v) is 1.64. The molecule has 0 spiro atoms. The standard InChI is InChI=1S/C14H19ClN2O/c1-14(2,3)17-13(8-16)10-18-9-11-4-6-12(15)7-5-11/h4-7,13,17H,9-10H2,1-3H3. The van der Waals surface area contributed by atoms with Gasteiger partial charge in [-0.15, -0.1) is 0 Å². The Morgan fingerprint density at radius 2 is 1.94 bits per heavy atom. The molecule has 1 rings (SSSR count). The van der Waals surface area contributed by atoms with Crippen LogP contribution in [0.2, 0.25) is 5.02 Å². The first kappa shape index (κ1) is 15.0. The molecule has 1 aromatic carbocycles. The van der Waals surface area contributed by atoms with Crippen LogP contribution in [0.3, 0.4) is 0 Å². The Labute approximate surface area is 114 Å². The topological polar surface area (TPSA) is 45.0 Å². The first-order valence-corrected chi connectivity index (χ1v) is 6.28. The molecule has 0 aliphatic heterocycles. The average Bonchev–Trinajstić information content (AvgIpc) is 2.29. The zero-order chi connectivity index (χ0) is 13.6. The monoisotopic (exact) mass is 266 g/mol. The van der Waals surface area contributed by atoms with E-state index in [4.69, 9.17) is 21.6 Å². The Bertz CT molecular complexity index is 403. The molecular weight excluding hydrogens is 248 g/mol. The van der Waals surface area contributed by atoms with Gasteiger partial charge in [-0.3, -0.25) is 5.32 Å². The van der Waals surface area contributed by atoms with Crippen molar-refractivity contribution in [3.8, 4) is 6.07 Å². The minimum atomic E-state index is -0.294. The molecule has 1 unspecified atom stereocenters. The number of ether oxygens (including phenoxy) is 1. The lowest BCUT2D eigenvalue weighted by atomic mass is 10.1. The van der Waals surface area contributed by atoms with E-state index in [9.17, 15) is 0 Å². The molecule has 0 aliphatic carbocycles. The van der Waals surface area contributed by atoms with E-state index in [0.29, 0.717) is 18.2 Å². The summed E-state index contributed by atoms with van der Waals surface area (Å²) in [5.41, 5.74) is 0.955. The molecule has 1 N–H and O–H groups in total. The van der Waals surface area contributed by atoms with Crippen molar-refractivity contribution in [3.63, 3.8) is 0 Å². The van der Waals surface area contributed by atoms with E-state index < -0.39 is 0 Å². The van der Waals surface area contributed by atoms with Gasteiger partial charge in [0.25, 0.3) is 0 Å². The van der Waals surface area contributed by atoms with Crippen LogP contribution in [0.4, 0.5) is 0 Å². The molecule has 0 radical (unpaired) electrons. The number of rotatable bonds is 5. The van der Waals surface area contributed by atoms with E-state index >= 15 is 0 Å². The molecule has 1 atom stereocenters. The largest absolute Gasteiger partial charge is 0.374 e. The molecule has 0 aliphatic rings. The molecule has 98 valence electrons. The molecule has 0 saturated carbocycles. The summed E-state index contributed by atoms with van der Waals surface area (Å²) < 4.78 is 5.53. The summed E-state index contributed by atoms with van der Waals surface area (Å²) in [5.74, 6) is 0. The molecular formula is C14H19ClN2O. The third-order valence-corrected chi connectivity index (χ3v) is 2.48. The van der Waals surface area contributed by atoms with Crippen molar-refractivity contribution in [3.05, 3.63) is 34.9 Å². The van der Waals surface area contributed by atoms with Crippen molar-refractivity contribution < 1.29 is 4.74 Å². The van der Waals surface area contributed by atoms with Crippen molar-refractivity contribution in [2.45, 2.75) is 39.0 Å². The van der Waals surface area contributed by atoms with Crippen LogP contribution in [0, 0.1) is 11.3 Å². The van der Waals surface area contributed by atoms with Crippen molar-refractivity contribution in [2.24, 2.45) is 0 Å². The Morgan fingerprint density at radius 1 is 1.33 bits per heavy atom. The predicted octanol–water partition coefficient (Wildman–Crippen LogP) is 3.14. The van der Waals surface area contributed by atoms with Crippen molar-refractivity contribution in [1.29, 1.82) is 5.26 Å². The number of benzene rings is 1. The molecule has 4 heteroatoms. The summed E-state index contributed by atoms with van der Waals surface area (Å²) in [6.07, 6.45) is 0. The Morgan fingerprint density at radius 3 is 2.44 bits per heavy atom. The highest BCUT2D eigenvalue weighted by Crippen LogP contribution is 2.10. The fraction of sp³-hybridized carbons (Fsp3) is 0.500. The van der Waals surface area contributed by atoms with Gasteiger partial charge in [-0.05, 0) is 38.5 Å². The molecule has 0 fully saturated rings. The molecule has 1 aromatic rings. The molecule has 0 aromatic heterocycles. The lowest BCUT2D eigenvalue weighted by molar-refractivity contribution is 0.104. The van der Waals surface area contributed by atoms with Crippen molar-refractivity contribution in [2.75, 3.05) is 6.61 Å². The van der Waals surface area contributed by atoms with Gasteiger partial charge in [-0.1, -0.05) is 23.7 Å². The van der Waals surface area contributed by atoms with E-state index in [2.05, 4.69) is 11.4 Å². The lowest BCUT2D eigenvalue weighted by Gasteiger charge is -2.24. The zero-order valence-corrected chi connectivity index (χ0v) is 11.8. The number of hydrogen-bond acceptors (Lipinski definition) is 3. The minimum absolute atomic E-state index is 0.0932. The molecule has 18 heavy (non-hydrogen) atoms. The van der Waals surface area contributed by atoms with Gasteiger partial charge in [0.2, 0.25) is 0 Å². The van der Waals surface area contributed by atoms with E-state index in [-0.39, 0.29) is 11.6 Å². The average molecular weight is 267 g/mol. The third-order valence-electron chi connectivity index (χ3n) is 2.23. The van der Waals surface area contributed by atoms with Gasteiger partial charge in [0.15, 0.2) is 0 Å².